The van der Waals surface area contributed by atoms with Gasteiger partial charge in [-0.3, -0.25) is 4.72 Å². The van der Waals surface area contributed by atoms with Crippen molar-refractivity contribution in [1.82, 2.24) is 4.98 Å². The van der Waals surface area contributed by atoms with E-state index in [0.717, 1.165) is 11.1 Å². The van der Waals surface area contributed by atoms with Crippen LogP contribution < -0.4 is 10.5 Å². The Labute approximate surface area is 126 Å². The normalized spacial score (nSPS) is 11.3. The molecule has 0 fully saturated rings. The number of aryl methyl sites for hydroxylation is 1. The second-order valence-electron chi connectivity index (χ2n) is 4.39. The highest BCUT2D eigenvalue weighted by atomic mass is 79.9. The van der Waals surface area contributed by atoms with E-state index in [1.165, 1.54) is 12.3 Å². The Morgan fingerprint density at radius 1 is 1.30 bits per heavy atom. The number of nitrogens with two attached hydrogens (primary N) is 1. The van der Waals surface area contributed by atoms with E-state index in [0.29, 0.717) is 10.2 Å². The molecular formula is C13H14BrN3O2S. The number of aromatic nitrogens is 1. The molecule has 2 rings (SSSR count). The molecule has 1 aromatic heterocycles. The molecular weight excluding hydrogens is 342 g/mol. The van der Waals surface area contributed by atoms with E-state index in [1.54, 1.807) is 12.1 Å². The van der Waals surface area contributed by atoms with Crippen LogP contribution in [0.25, 0.3) is 0 Å². The molecule has 5 nitrogen and oxygen atoms in total. The van der Waals surface area contributed by atoms with Crippen molar-refractivity contribution in [1.29, 1.82) is 0 Å². The lowest BCUT2D eigenvalue weighted by atomic mass is 10.1. The number of sulfonamides is 1. The van der Waals surface area contributed by atoms with Crippen LogP contribution >= 0.6 is 15.9 Å². The van der Waals surface area contributed by atoms with E-state index in [4.69, 9.17) is 5.73 Å². The topological polar surface area (TPSA) is 85.1 Å². The zero-order valence-corrected chi connectivity index (χ0v) is 13.4. The highest BCUT2D eigenvalue weighted by Crippen LogP contribution is 2.25. The smallest absolute Gasteiger partial charge is 0.265 e. The summed E-state index contributed by atoms with van der Waals surface area (Å²) < 4.78 is 27.9. The van der Waals surface area contributed by atoms with Crippen LogP contribution in [0.2, 0.25) is 0 Å². The molecule has 0 aliphatic carbocycles. The second-order valence-corrected chi connectivity index (χ2v) is 6.96. The van der Waals surface area contributed by atoms with Crippen LogP contribution in [0.3, 0.4) is 0 Å². The number of benzene rings is 1. The van der Waals surface area contributed by atoms with Crippen LogP contribution in [-0.2, 0) is 10.0 Å². The summed E-state index contributed by atoms with van der Waals surface area (Å²) in [5.41, 5.74) is 8.06. The summed E-state index contributed by atoms with van der Waals surface area (Å²) in [5, 5.41) is 0. The lowest BCUT2D eigenvalue weighted by molar-refractivity contribution is 0.601. The molecule has 7 heteroatoms. The largest absolute Gasteiger partial charge is 0.383 e. The van der Waals surface area contributed by atoms with Crippen molar-refractivity contribution in [3.8, 4) is 0 Å². The van der Waals surface area contributed by atoms with Crippen LogP contribution in [0.15, 0.2) is 39.8 Å². The van der Waals surface area contributed by atoms with Gasteiger partial charge in [0.15, 0.2) is 0 Å². The van der Waals surface area contributed by atoms with Gasteiger partial charge in [-0.1, -0.05) is 12.1 Å². The minimum absolute atomic E-state index is 0.0361. The molecule has 0 saturated carbocycles. The Morgan fingerprint density at radius 3 is 2.70 bits per heavy atom. The molecule has 0 radical (unpaired) electrons. The fourth-order valence-corrected chi connectivity index (χ4v) is 3.42. The zero-order valence-electron chi connectivity index (χ0n) is 11.0. The number of halogens is 1. The Bertz CT molecular complexity index is 760. The van der Waals surface area contributed by atoms with Gasteiger partial charge in [0.05, 0.1) is 5.69 Å². The Hall–Kier alpha value is -1.60. The first kappa shape index (κ1) is 14.8. The zero-order chi connectivity index (χ0) is 14.9. The van der Waals surface area contributed by atoms with Gasteiger partial charge >= 0.3 is 0 Å². The number of nitrogen functional groups attached to an aromatic ring is 1. The van der Waals surface area contributed by atoms with Gasteiger partial charge in [-0.25, -0.2) is 13.4 Å². The molecule has 0 bridgehead atoms. The van der Waals surface area contributed by atoms with Gasteiger partial charge in [0.25, 0.3) is 10.0 Å². The quantitative estimate of drug-likeness (QED) is 0.886. The van der Waals surface area contributed by atoms with Crippen molar-refractivity contribution in [2.24, 2.45) is 0 Å². The Balaban J connectivity index is 2.46. The molecule has 0 atom stereocenters. The average molecular weight is 356 g/mol. The lowest BCUT2D eigenvalue weighted by Crippen LogP contribution is -2.16. The molecule has 20 heavy (non-hydrogen) atoms. The first-order valence-corrected chi connectivity index (χ1v) is 8.09. The summed E-state index contributed by atoms with van der Waals surface area (Å²) in [6.07, 6.45) is 1.45. The Kier molecular flexibility index (Phi) is 4.01. The van der Waals surface area contributed by atoms with E-state index in [9.17, 15) is 8.42 Å². The second kappa shape index (κ2) is 5.41. The molecule has 106 valence electrons. The van der Waals surface area contributed by atoms with Gasteiger partial charge in [-0.15, -0.1) is 0 Å². The highest BCUT2D eigenvalue weighted by molar-refractivity contribution is 9.10. The number of nitrogens with zero attached hydrogens (tertiary/aromatic N) is 1. The SMILES string of the molecule is Cc1cccc(NS(=O)(=O)c2cc(Br)cnc2N)c1C. The highest BCUT2D eigenvalue weighted by Gasteiger charge is 2.20. The number of pyridine rings is 1. The molecule has 3 N–H and O–H groups in total. The molecule has 0 unspecified atom stereocenters. The predicted octanol–water partition coefficient (Wildman–Crippen LogP) is 2.84. The molecule has 0 aliphatic rings. The molecule has 0 spiro atoms. The number of hydrogen-bond donors (Lipinski definition) is 2. The van der Waals surface area contributed by atoms with Gasteiger partial charge in [0.2, 0.25) is 0 Å². The van der Waals surface area contributed by atoms with E-state index in [1.807, 2.05) is 19.9 Å². The Morgan fingerprint density at radius 2 is 2.00 bits per heavy atom. The predicted molar refractivity (Wildman–Crippen MR) is 83.1 cm³/mol. The summed E-state index contributed by atoms with van der Waals surface area (Å²) >= 11 is 3.19. The third kappa shape index (κ3) is 2.94. The van der Waals surface area contributed by atoms with Crippen molar-refractivity contribution < 1.29 is 8.42 Å². The third-order valence-electron chi connectivity index (χ3n) is 2.99. The molecule has 2 aromatic rings. The van der Waals surface area contributed by atoms with Crippen LogP contribution in [0.1, 0.15) is 11.1 Å². The summed E-state index contributed by atoms with van der Waals surface area (Å²) in [7, 11) is -3.77. The van der Waals surface area contributed by atoms with Crippen LogP contribution in [0, 0.1) is 13.8 Å². The van der Waals surface area contributed by atoms with Gasteiger partial charge in [0, 0.05) is 10.7 Å². The third-order valence-corrected chi connectivity index (χ3v) is 4.82. The molecule has 0 saturated heterocycles. The van der Waals surface area contributed by atoms with Crippen molar-refractivity contribution >= 4 is 37.5 Å². The number of anilines is 2. The monoisotopic (exact) mass is 355 g/mol. The molecule has 0 amide bonds. The van der Waals surface area contributed by atoms with Crippen molar-refractivity contribution in [3.63, 3.8) is 0 Å². The van der Waals surface area contributed by atoms with E-state index >= 15 is 0 Å². The number of hydrogen-bond acceptors (Lipinski definition) is 4. The van der Waals surface area contributed by atoms with Crippen molar-refractivity contribution in [2.45, 2.75) is 18.7 Å². The van der Waals surface area contributed by atoms with Crippen LogP contribution in [-0.4, -0.2) is 13.4 Å². The fraction of sp³-hybridized carbons (Fsp3) is 0.154. The van der Waals surface area contributed by atoms with Crippen molar-refractivity contribution in [2.75, 3.05) is 10.5 Å². The standard InChI is InChI=1S/C13H14BrN3O2S/c1-8-4-3-5-11(9(8)2)17-20(18,19)12-6-10(14)7-16-13(12)15/h3-7,17H,1-2H3,(H2,15,16). The van der Waals surface area contributed by atoms with Crippen LogP contribution in [0.4, 0.5) is 11.5 Å². The van der Waals surface area contributed by atoms with E-state index in [-0.39, 0.29) is 10.7 Å². The van der Waals surface area contributed by atoms with Gasteiger partial charge in [-0.05, 0) is 53.0 Å². The lowest BCUT2D eigenvalue weighted by Gasteiger charge is -2.13. The minimum atomic E-state index is -3.77. The minimum Gasteiger partial charge on any atom is -0.383 e. The molecule has 1 aromatic carbocycles. The summed E-state index contributed by atoms with van der Waals surface area (Å²) in [6.45, 7) is 3.78. The summed E-state index contributed by atoms with van der Waals surface area (Å²) in [4.78, 5) is 3.79. The van der Waals surface area contributed by atoms with Gasteiger partial charge in [0.1, 0.15) is 10.7 Å². The maximum atomic E-state index is 12.4. The average Bonchev–Trinajstić information content (AvgIpc) is 2.37. The fourth-order valence-electron chi connectivity index (χ4n) is 1.71. The summed E-state index contributed by atoms with van der Waals surface area (Å²) in [5.74, 6) is -0.0361. The van der Waals surface area contributed by atoms with E-state index < -0.39 is 10.0 Å². The number of rotatable bonds is 3. The van der Waals surface area contributed by atoms with E-state index in [2.05, 4.69) is 25.6 Å². The number of nitrogens with one attached hydrogen (secondary N) is 1. The maximum Gasteiger partial charge on any atom is 0.265 e. The van der Waals surface area contributed by atoms with Gasteiger partial charge < -0.3 is 5.73 Å². The van der Waals surface area contributed by atoms with Crippen LogP contribution in [0.5, 0.6) is 0 Å². The van der Waals surface area contributed by atoms with Crippen molar-refractivity contribution in [3.05, 3.63) is 46.1 Å². The first-order chi connectivity index (χ1) is 9.31. The summed E-state index contributed by atoms with van der Waals surface area (Å²) in [6, 6.07) is 6.85. The maximum absolute atomic E-state index is 12.4. The molecule has 0 aliphatic heterocycles. The first-order valence-electron chi connectivity index (χ1n) is 5.81. The van der Waals surface area contributed by atoms with Gasteiger partial charge in [-0.2, -0.15) is 0 Å². The molecule has 1 heterocycles.